The second-order valence-electron chi connectivity index (χ2n) is 6.89. The van der Waals surface area contributed by atoms with Crippen molar-refractivity contribution in [1.29, 1.82) is 0 Å². The SMILES string of the molecule is CCOC(=O)CCNC[C@H]1CC[C@H](OCC2CCCC2)CC1. The van der Waals surface area contributed by atoms with Crippen LogP contribution >= 0.6 is 0 Å². The molecule has 1 N–H and O–H groups in total. The summed E-state index contributed by atoms with van der Waals surface area (Å²) < 4.78 is 11.0. The molecule has 0 aromatic rings. The van der Waals surface area contributed by atoms with Crippen LogP contribution in [0.15, 0.2) is 0 Å². The molecule has 4 nitrogen and oxygen atoms in total. The molecule has 2 fully saturated rings. The summed E-state index contributed by atoms with van der Waals surface area (Å²) in [5.74, 6) is 1.48. The van der Waals surface area contributed by atoms with Crippen molar-refractivity contribution < 1.29 is 14.3 Å². The Labute approximate surface area is 135 Å². The van der Waals surface area contributed by atoms with Gasteiger partial charge in [0.15, 0.2) is 0 Å². The minimum absolute atomic E-state index is 0.0981. The first-order valence-corrected chi connectivity index (χ1v) is 9.26. The van der Waals surface area contributed by atoms with Crippen LogP contribution in [0.2, 0.25) is 0 Å². The molecule has 0 spiro atoms. The first-order valence-electron chi connectivity index (χ1n) is 9.26. The third kappa shape index (κ3) is 6.66. The number of ether oxygens (including phenoxy) is 2. The Kier molecular flexibility index (Phi) is 8.24. The maximum absolute atomic E-state index is 11.2. The van der Waals surface area contributed by atoms with Crippen LogP contribution in [0, 0.1) is 11.8 Å². The molecule has 0 aromatic carbocycles. The largest absolute Gasteiger partial charge is 0.466 e. The van der Waals surface area contributed by atoms with Gasteiger partial charge in [-0.15, -0.1) is 0 Å². The summed E-state index contributed by atoms with van der Waals surface area (Å²) in [4.78, 5) is 11.2. The third-order valence-electron chi connectivity index (χ3n) is 5.08. The Hall–Kier alpha value is -0.610. The minimum atomic E-state index is -0.0981. The van der Waals surface area contributed by atoms with Gasteiger partial charge in [0.1, 0.15) is 0 Å². The molecule has 0 radical (unpaired) electrons. The van der Waals surface area contributed by atoms with E-state index in [9.17, 15) is 4.79 Å². The molecule has 22 heavy (non-hydrogen) atoms. The number of carbonyl (C=O) groups excluding carboxylic acids is 1. The van der Waals surface area contributed by atoms with Crippen LogP contribution in [0.3, 0.4) is 0 Å². The Morgan fingerprint density at radius 1 is 1.05 bits per heavy atom. The fourth-order valence-corrected chi connectivity index (χ4v) is 3.68. The van der Waals surface area contributed by atoms with Crippen LogP contribution in [-0.4, -0.2) is 38.4 Å². The van der Waals surface area contributed by atoms with E-state index in [4.69, 9.17) is 9.47 Å². The van der Waals surface area contributed by atoms with E-state index in [1.54, 1.807) is 0 Å². The summed E-state index contributed by atoms with van der Waals surface area (Å²) in [6, 6.07) is 0. The molecular formula is C18H33NO3. The van der Waals surface area contributed by atoms with Crippen molar-refractivity contribution in [2.45, 2.75) is 70.8 Å². The summed E-state index contributed by atoms with van der Waals surface area (Å²) >= 11 is 0. The van der Waals surface area contributed by atoms with Gasteiger partial charge in [-0.1, -0.05) is 12.8 Å². The Morgan fingerprint density at radius 2 is 1.77 bits per heavy atom. The predicted octanol–water partition coefficient (Wildman–Crippen LogP) is 3.29. The molecule has 0 atom stereocenters. The quantitative estimate of drug-likeness (QED) is 0.524. The molecule has 0 aliphatic heterocycles. The summed E-state index contributed by atoms with van der Waals surface area (Å²) in [5.41, 5.74) is 0. The number of esters is 1. The lowest BCUT2D eigenvalue weighted by Gasteiger charge is -2.29. The van der Waals surface area contributed by atoms with Crippen molar-refractivity contribution in [3.8, 4) is 0 Å². The van der Waals surface area contributed by atoms with E-state index in [0.717, 1.165) is 31.5 Å². The molecule has 2 aliphatic rings. The molecule has 0 heterocycles. The molecule has 2 aliphatic carbocycles. The van der Waals surface area contributed by atoms with Gasteiger partial charge in [-0.3, -0.25) is 4.79 Å². The highest BCUT2D eigenvalue weighted by atomic mass is 16.5. The van der Waals surface area contributed by atoms with Gasteiger partial charge in [0, 0.05) is 13.2 Å². The predicted molar refractivity (Wildman–Crippen MR) is 87.8 cm³/mol. The van der Waals surface area contributed by atoms with E-state index in [1.165, 1.54) is 51.4 Å². The van der Waals surface area contributed by atoms with Gasteiger partial charge < -0.3 is 14.8 Å². The summed E-state index contributed by atoms with van der Waals surface area (Å²) in [6.07, 6.45) is 11.4. The number of nitrogens with one attached hydrogen (secondary N) is 1. The number of hydrogen-bond donors (Lipinski definition) is 1. The molecule has 4 heteroatoms. The lowest BCUT2D eigenvalue weighted by atomic mass is 9.87. The van der Waals surface area contributed by atoms with Crippen LogP contribution in [0.25, 0.3) is 0 Å². The van der Waals surface area contributed by atoms with Crippen LogP contribution in [0.4, 0.5) is 0 Å². The van der Waals surface area contributed by atoms with Gasteiger partial charge in [-0.25, -0.2) is 0 Å². The van der Waals surface area contributed by atoms with Gasteiger partial charge in [-0.2, -0.15) is 0 Å². The van der Waals surface area contributed by atoms with Crippen molar-refractivity contribution in [3.05, 3.63) is 0 Å². The summed E-state index contributed by atoms with van der Waals surface area (Å²) in [5, 5.41) is 3.39. The number of hydrogen-bond acceptors (Lipinski definition) is 4. The molecule has 0 saturated heterocycles. The second-order valence-corrected chi connectivity index (χ2v) is 6.89. The van der Waals surface area contributed by atoms with Gasteiger partial charge in [0.2, 0.25) is 0 Å². The monoisotopic (exact) mass is 311 g/mol. The van der Waals surface area contributed by atoms with E-state index in [-0.39, 0.29) is 5.97 Å². The number of carbonyl (C=O) groups is 1. The first kappa shape index (κ1) is 17.7. The fourth-order valence-electron chi connectivity index (χ4n) is 3.68. The molecule has 0 aromatic heterocycles. The molecule has 2 rings (SSSR count). The van der Waals surface area contributed by atoms with Crippen LogP contribution in [0.5, 0.6) is 0 Å². The van der Waals surface area contributed by atoms with Crippen molar-refractivity contribution in [2.24, 2.45) is 11.8 Å². The van der Waals surface area contributed by atoms with Crippen molar-refractivity contribution in [2.75, 3.05) is 26.3 Å². The third-order valence-corrected chi connectivity index (χ3v) is 5.08. The highest BCUT2D eigenvalue weighted by Gasteiger charge is 2.23. The zero-order valence-corrected chi connectivity index (χ0v) is 14.1. The first-order chi connectivity index (χ1) is 10.8. The van der Waals surface area contributed by atoms with E-state index in [2.05, 4.69) is 5.32 Å². The highest BCUT2D eigenvalue weighted by Crippen LogP contribution is 2.29. The maximum Gasteiger partial charge on any atom is 0.307 e. The van der Waals surface area contributed by atoms with E-state index >= 15 is 0 Å². The van der Waals surface area contributed by atoms with Gasteiger partial charge in [-0.05, 0) is 63.8 Å². The lowest BCUT2D eigenvalue weighted by molar-refractivity contribution is -0.142. The maximum atomic E-state index is 11.2. The molecule has 128 valence electrons. The highest BCUT2D eigenvalue weighted by molar-refractivity contribution is 5.69. The molecule has 0 unspecified atom stereocenters. The van der Waals surface area contributed by atoms with Crippen LogP contribution < -0.4 is 5.32 Å². The fraction of sp³-hybridized carbons (Fsp3) is 0.944. The van der Waals surface area contributed by atoms with E-state index < -0.39 is 0 Å². The molecule has 0 amide bonds. The lowest BCUT2D eigenvalue weighted by Crippen LogP contribution is -2.31. The second kappa shape index (κ2) is 10.2. The Balaban J connectivity index is 1.47. The standard InChI is InChI=1S/C18H33NO3/c1-2-21-18(20)11-12-19-13-15-7-9-17(10-8-15)22-14-16-5-3-4-6-16/h15-17,19H,2-14H2,1H3/t15-,17-. The Morgan fingerprint density at radius 3 is 2.45 bits per heavy atom. The average molecular weight is 311 g/mol. The average Bonchev–Trinajstić information content (AvgIpc) is 3.04. The van der Waals surface area contributed by atoms with Crippen molar-refractivity contribution in [3.63, 3.8) is 0 Å². The normalized spacial score (nSPS) is 26.2. The zero-order chi connectivity index (χ0) is 15.6. The molecule has 0 bridgehead atoms. The van der Waals surface area contributed by atoms with Gasteiger partial charge in [0.25, 0.3) is 0 Å². The number of rotatable bonds is 9. The topological polar surface area (TPSA) is 47.6 Å². The summed E-state index contributed by atoms with van der Waals surface area (Å²) in [7, 11) is 0. The van der Waals surface area contributed by atoms with Crippen LogP contribution in [-0.2, 0) is 14.3 Å². The van der Waals surface area contributed by atoms with Crippen molar-refractivity contribution >= 4 is 5.97 Å². The van der Waals surface area contributed by atoms with E-state index in [0.29, 0.717) is 19.1 Å². The van der Waals surface area contributed by atoms with Crippen molar-refractivity contribution in [1.82, 2.24) is 5.32 Å². The van der Waals surface area contributed by atoms with Gasteiger partial charge >= 0.3 is 5.97 Å². The minimum Gasteiger partial charge on any atom is -0.466 e. The Bertz CT molecular complexity index is 307. The molecular weight excluding hydrogens is 278 g/mol. The van der Waals surface area contributed by atoms with Crippen LogP contribution in [0.1, 0.15) is 64.7 Å². The summed E-state index contributed by atoms with van der Waals surface area (Å²) in [6.45, 7) is 5.07. The van der Waals surface area contributed by atoms with E-state index in [1.807, 2.05) is 6.92 Å². The zero-order valence-electron chi connectivity index (χ0n) is 14.1. The smallest absolute Gasteiger partial charge is 0.307 e. The van der Waals surface area contributed by atoms with Gasteiger partial charge in [0.05, 0.1) is 19.1 Å². The molecule has 2 saturated carbocycles.